The van der Waals surface area contributed by atoms with E-state index in [1.54, 1.807) is 0 Å². The van der Waals surface area contributed by atoms with Gasteiger partial charge in [0.2, 0.25) is 0 Å². The van der Waals surface area contributed by atoms with Crippen LogP contribution in [0, 0.1) is 6.08 Å². The van der Waals surface area contributed by atoms with Crippen molar-refractivity contribution in [2.24, 2.45) is 0 Å². The Morgan fingerprint density at radius 2 is 1.44 bits per heavy atom. The standard InChI is InChI=1S/C25H19O2/c26-25(23-15-7-9-17-8-1-2-10-18(17)23)27-16-24-21-13-5-3-11-19(21)20-12-4-6-14-22(20)24/h1-8,10-14,23-24H,9,16H2. The third-order valence-corrected chi connectivity index (χ3v) is 5.56. The van der Waals surface area contributed by atoms with Crippen molar-refractivity contribution in [1.82, 2.24) is 0 Å². The van der Waals surface area contributed by atoms with Gasteiger partial charge in [-0.25, -0.2) is 0 Å². The zero-order valence-corrected chi connectivity index (χ0v) is 14.9. The van der Waals surface area contributed by atoms with Crippen molar-refractivity contribution in [2.45, 2.75) is 18.3 Å². The fourth-order valence-electron chi connectivity index (χ4n) is 4.26. The molecule has 0 aliphatic heterocycles. The number of carbonyl (C=O) groups is 1. The first-order valence-electron chi connectivity index (χ1n) is 9.33. The summed E-state index contributed by atoms with van der Waals surface area (Å²) in [6.07, 6.45) is 5.95. The topological polar surface area (TPSA) is 26.3 Å². The fourth-order valence-corrected chi connectivity index (χ4v) is 4.26. The minimum absolute atomic E-state index is 0.0872. The number of ether oxygens (including phenoxy) is 1. The molecule has 0 saturated carbocycles. The SMILES string of the molecule is O=C(OCC1c2ccccc2-c2ccccc21)C1[C]=CCc2ccccc21. The van der Waals surface area contributed by atoms with Gasteiger partial charge in [0.05, 0.1) is 0 Å². The second-order valence-corrected chi connectivity index (χ2v) is 7.06. The summed E-state index contributed by atoms with van der Waals surface area (Å²) in [4.78, 5) is 12.8. The van der Waals surface area contributed by atoms with Crippen LogP contribution in [0.15, 0.2) is 78.9 Å². The molecule has 3 aromatic carbocycles. The van der Waals surface area contributed by atoms with E-state index in [1.165, 1.54) is 27.8 Å². The Balaban J connectivity index is 1.40. The molecule has 3 aromatic rings. The van der Waals surface area contributed by atoms with Gasteiger partial charge in [0.25, 0.3) is 0 Å². The molecule has 0 fully saturated rings. The maximum Gasteiger partial charge on any atom is 0.317 e. The molecule has 0 spiro atoms. The summed E-state index contributed by atoms with van der Waals surface area (Å²) in [5.41, 5.74) is 7.13. The number of rotatable bonds is 3. The van der Waals surface area contributed by atoms with Crippen LogP contribution in [0.5, 0.6) is 0 Å². The number of benzene rings is 3. The Kier molecular flexibility index (Phi) is 3.90. The van der Waals surface area contributed by atoms with Gasteiger partial charge in [-0.05, 0) is 45.9 Å². The number of hydrogen-bond donors (Lipinski definition) is 0. The molecule has 1 unspecified atom stereocenters. The molecule has 1 radical (unpaired) electrons. The van der Waals surface area contributed by atoms with Gasteiger partial charge >= 0.3 is 5.97 Å². The Bertz CT molecular complexity index is 1000. The van der Waals surface area contributed by atoms with E-state index in [0.717, 1.165) is 12.0 Å². The summed E-state index contributed by atoms with van der Waals surface area (Å²) in [6, 6.07) is 24.8. The maximum absolute atomic E-state index is 12.8. The largest absolute Gasteiger partial charge is 0.464 e. The molecule has 0 N–H and O–H groups in total. The summed E-state index contributed by atoms with van der Waals surface area (Å²) in [7, 11) is 0. The highest BCUT2D eigenvalue weighted by Crippen LogP contribution is 2.44. The lowest BCUT2D eigenvalue weighted by Gasteiger charge is -2.21. The molecule has 0 aromatic heterocycles. The average Bonchev–Trinajstić information content (AvgIpc) is 3.05. The van der Waals surface area contributed by atoms with Gasteiger partial charge in [-0.3, -0.25) is 4.79 Å². The van der Waals surface area contributed by atoms with Crippen LogP contribution in [-0.4, -0.2) is 12.6 Å². The fraction of sp³-hybridized carbons (Fsp3) is 0.160. The van der Waals surface area contributed by atoms with Crippen LogP contribution in [0.25, 0.3) is 11.1 Å². The maximum atomic E-state index is 12.8. The Morgan fingerprint density at radius 3 is 2.15 bits per heavy atom. The second-order valence-electron chi connectivity index (χ2n) is 7.06. The van der Waals surface area contributed by atoms with E-state index in [9.17, 15) is 4.79 Å². The van der Waals surface area contributed by atoms with Crippen LogP contribution in [0.2, 0.25) is 0 Å². The van der Waals surface area contributed by atoms with Crippen LogP contribution in [0.1, 0.15) is 34.1 Å². The smallest absolute Gasteiger partial charge is 0.317 e. The lowest BCUT2D eigenvalue weighted by molar-refractivity contribution is -0.144. The second kappa shape index (κ2) is 6.55. The molecule has 2 aliphatic carbocycles. The summed E-state index contributed by atoms with van der Waals surface area (Å²) >= 11 is 0. The monoisotopic (exact) mass is 351 g/mol. The molecule has 1 atom stereocenters. The molecule has 2 nitrogen and oxygen atoms in total. The predicted molar refractivity (Wildman–Crippen MR) is 105 cm³/mol. The first-order valence-corrected chi connectivity index (χ1v) is 9.33. The van der Waals surface area contributed by atoms with Crippen molar-refractivity contribution in [3.63, 3.8) is 0 Å². The van der Waals surface area contributed by atoms with Gasteiger partial charge < -0.3 is 4.74 Å². The summed E-state index contributed by atoms with van der Waals surface area (Å²) < 4.78 is 5.81. The molecule has 131 valence electrons. The Morgan fingerprint density at radius 1 is 0.852 bits per heavy atom. The average molecular weight is 351 g/mol. The first kappa shape index (κ1) is 16.1. The van der Waals surface area contributed by atoms with Crippen LogP contribution in [0.4, 0.5) is 0 Å². The minimum Gasteiger partial charge on any atom is -0.464 e. The number of esters is 1. The number of fused-ring (bicyclic) bond motifs is 4. The lowest BCUT2D eigenvalue weighted by Crippen LogP contribution is -2.20. The van der Waals surface area contributed by atoms with Crippen molar-refractivity contribution in [1.29, 1.82) is 0 Å². The molecule has 0 heterocycles. The van der Waals surface area contributed by atoms with E-state index < -0.39 is 5.92 Å². The van der Waals surface area contributed by atoms with E-state index >= 15 is 0 Å². The predicted octanol–water partition coefficient (Wildman–Crippen LogP) is 5.04. The molecular formula is C25H19O2. The summed E-state index contributed by atoms with van der Waals surface area (Å²) in [5, 5.41) is 0. The highest BCUT2D eigenvalue weighted by Gasteiger charge is 2.31. The van der Waals surface area contributed by atoms with Crippen LogP contribution < -0.4 is 0 Å². The quantitative estimate of drug-likeness (QED) is 0.618. The van der Waals surface area contributed by atoms with Crippen molar-refractivity contribution in [3.8, 4) is 11.1 Å². The van der Waals surface area contributed by atoms with Gasteiger partial charge in [-0.1, -0.05) is 78.9 Å². The molecule has 5 rings (SSSR count). The number of allylic oxidation sites excluding steroid dienone is 1. The van der Waals surface area contributed by atoms with Crippen LogP contribution >= 0.6 is 0 Å². The van der Waals surface area contributed by atoms with Crippen LogP contribution in [-0.2, 0) is 16.0 Å². The van der Waals surface area contributed by atoms with E-state index in [1.807, 2.05) is 36.4 Å². The highest BCUT2D eigenvalue weighted by atomic mass is 16.5. The number of hydrogen-bond acceptors (Lipinski definition) is 2. The summed E-state index contributed by atoms with van der Waals surface area (Å²) in [6.45, 7) is 0.354. The van der Waals surface area contributed by atoms with Crippen molar-refractivity contribution in [2.75, 3.05) is 6.61 Å². The third kappa shape index (κ3) is 2.69. The van der Waals surface area contributed by atoms with E-state index in [4.69, 9.17) is 4.74 Å². The molecule has 0 saturated heterocycles. The van der Waals surface area contributed by atoms with Crippen molar-refractivity contribution >= 4 is 5.97 Å². The molecule has 2 heteroatoms. The third-order valence-electron chi connectivity index (χ3n) is 5.56. The van der Waals surface area contributed by atoms with Crippen LogP contribution in [0.3, 0.4) is 0 Å². The molecule has 27 heavy (non-hydrogen) atoms. The van der Waals surface area contributed by atoms with Crippen molar-refractivity contribution < 1.29 is 9.53 Å². The lowest BCUT2D eigenvalue weighted by atomic mass is 9.88. The molecular weight excluding hydrogens is 332 g/mol. The van der Waals surface area contributed by atoms with E-state index in [-0.39, 0.29) is 11.9 Å². The molecule has 0 bridgehead atoms. The minimum atomic E-state index is -0.429. The van der Waals surface area contributed by atoms with Gasteiger partial charge in [0.15, 0.2) is 0 Å². The molecule has 2 aliphatic rings. The Hall–Kier alpha value is -3.13. The van der Waals surface area contributed by atoms with E-state index in [2.05, 4.69) is 48.5 Å². The zero-order valence-electron chi connectivity index (χ0n) is 14.9. The highest BCUT2D eigenvalue weighted by molar-refractivity contribution is 5.82. The molecule has 0 amide bonds. The van der Waals surface area contributed by atoms with E-state index in [0.29, 0.717) is 6.61 Å². The van der Waals surface area contributed by atoms with Gasteiger partial charge in [-0.2, -0.15) is 0 Å². The summed E-state index contributed by atoms with van der Waals surface area (Å²) in [5.74, 6) is -0.564. The van der Waals surface area contributed by atoms with Gasteiger partial charge in [-0.15, -0.1) is 0 Å². The number of carbonyl (C=O) groups excluding carboxylic acids is 1. The van der Waals surface area contributed by atoms with Gasteiger partial charge in [0.1, 0.15) is 12.5 Å². The Labute approximate surface area is 159 Å². The van der Waals surface area contributed by atoms with Gasteiger partial charge in [0, 0.05) is 5.92 Å². The first-order chi connectivity index (χ1) is 13.3. The zero-order chi connectivity index (χ0) is 18.2. The normalized spacial score (nSPS) is 17.1. The van der Waals surface area contributed by atoms with Crippen molar-refractivity contribution in [3.05, 3.63) is 107 Å².